The summed E-state index contributed by atoms with van der Waals surface area (Å²) in [6.07, 6.45) is 2.85. The fourth-order valence-corrected chi connectivity index (χ4v) is 8.47. The maximum absolute atomic E-state index is 13.1. The predicted octanol–water partition coefficient (Wildman–Crippen LogP) is 11.3. The molecule has 4 nitrogen and oxygen atoms in total. The van der Waals surface area contributed by atoms with Crippen molar-refractivity contribution < 1.29 is 28.6 Å². The molecule has 266 valence electrons. The van der Waals surface area contributed by atoms with Crippen LogP contribution in [0.3, 0.4) is 0 Å². The zero-order valence-electron chi connectivity index (χ0n) is 28.3. The number of aliphatic carboxylic acids is 2. The Morgan fingerprint density at radius 2 is 0.868 bits per heavy atom. The summed E-state index contributed by atoms with van der Waals surface area (Å²) in [6.45, 7) is 0. The molecular weight excluding hydrogens is 820 g/mol. The monoisotopic (exact) mass is 854 g/mol. The van der Waals surface area contributed by atoms with Gasteiger partial charge in [0.1, 0.15) is 11.6 Å². The van der Waals surface area contributed by atoms with E-state index in [0.29, 0.717) is 32.3 Å². The number of carbonyl (C=O) groups is 2. The Hall–Kier alpha value is -5.02. The van der Waals surface area contributed by atoms with Gasteiger partial charge in [0.2, 0.25) is 0 Å². The van der Waals surface area contributed by atoms with Crippen molar-refractivity contribution in [2.75, 3.05) is 0 Å². The summed E-state index contributed by atoms with van der Waals surface area (Å²) in [5, 5.41) is 19.5. The molecule has 0 saturated carbocycles. The molecule has 0 saturated heterocycles. The van der Waals surface area contributed by atoms with Gasteiger partial charge in [0.25, 0.3) is 0 Å². The van der Waals surface area contributed by atoms with E-state index in [9.17, 15) is 28.6 Å². The van der Waals surface area contributed by atoms with Crippen molar-refractivity contribution in [3.8, 4) is 0 Å². The minimum absolute atomic E-state index is 0.0854. The third-order valence-corrected chi connectivity index (χ3v) is 11.7. The molecule has 9 heteroatoms. The predicted molar refractivity (Wildman–Crippen MR) is 213 cm³/mol. The van der Waals surface area contributed by atoms with Gasteiger partial charge in [-0.3, -0.25) is 0 Å². The summed E-state index contributed by atoms with van der Waals surface area (Å²) in [6, 6.07) is 46.1. The van der Waals surface area contributed by atoms with E-state index in [1.807, 2.05) is 0 Å². The van der Waals surface area contributed by atoms with Crippen LogP contribution in [-0.4, -0.2) is 43.3 Å². The molecule has 0 spiro atoms. The average Bonchev–Trinajstić information content (AvgIpc) is 3.15. The first-order valence-electron chi connectivity index (χ1n) is 16.3. The molecule has 2 N–H and O–H groups in total. The van der Waals surface area contributed by atoms with Crippen LogP contribution in [0.2, 0.25) is 10.0 Å². The van der Waals surface area contributed by atoms with Crippen molar-refractivity contribution >= 4 is 79.6 Å². The molecule has 6 rings (SSSR count). The van der Waals surface area contributed by atoms with Gasteiger partial charge in [-0.2, -0.15) is 0 Å². The zero-order chi connectivity index (χ0) is 38.0. The van der Waals surface area contributed by atoms with Gasteiger partial charge in [-0.25, -0.2) is 18.4 Å². The molecule has 6 aromatic carbocycles. The van der Waals surface area contributed by atoms with E-state index < -0.39 is 23.6 Å². The van der Waals surface area contributed by atoms with Crippen molar-refractivity contribution in [3.05, 3.63) is 213 Å². The number of hydrogen-bond acceptors (Lipinski definition) is 2. The standard InChI is InChI=1S/2C15H10ClFO2.2C7H7.Sn/c2*16-12-6-4-11(5-7-12)14(15(18)19)9-10-2-1-3-13(17)8-10;2*1-7-5-3-2-4-6-7;/h2*1-9H,(H,18,19);2*2-6H,1H2;/b2*14-9+;;;. The molecule has 6 aromatic rings. The number of rotatable bonds is 10. The Morgan fingerprint density at radius 1 is 0.509 bits per heavy atom. The van der Waals surface area contributed by atoms with Gasteiger partial charge in [-0.15, -0.1) is 0 Å². The van der Waals surface area contributed by atoms with Gasteiger partial charge >= 0.3 is 114 Å². The van der Waals surface area contributed by atoms with E-state index in [1.54, 1.807) is 60.7 Å². The van der Waals surface area contributed by atoms with E-state index in [-0.39, 0.29) is 32.3 Å². The fourth-order valence-electron chi connectivity index (χ4n) is 4.86. The SMILES string of the molecule is O=C(O)/C(=C/c1cccc(F)c1)c1ccc(Cl)cc1.O=C(O)/C(=C/c1cccc(F)c1)c1ccc(Cl)cc1.c1ccc([CH2][Sn][CH2]c2ccccc2)cc1. The van der Waals surface area contributed by atoms with Crippen molar-refractivity contribution in [3.63, 3.8) is 0 Å². The molecule has 0 aliphatic heterocycles. The fraction of sp³-hybridized carbons (Fsp3) is 0.0455. The third-order valence-electron chi connectivity index (χ3n) is 7.43. The molecule has 0 bridgehead atoms. The van der Waals surface area contributed by atoms with E-state index in [4.69, 9.17) is 23.2 Å². The van der Waals surface area contributed by atoms with Crippen LogP contribution in [0.25, 0.3) is 23.3 Å². The molecule has 0 aromatic heterocycles. The van der Waals surface area contributed by atoms with Crippen molar-refractivity contribution in [1.82, 2.24) is 0 Å². The third kappa shape index (κ3) is 14.5. The summed E-state index contributed by atoms with van der Waals surface area (Å²) < 4.78 is 28.9. The molecular formula is C44H34Cl2F2O4Sn. The van der Waals surface area contributed by atoms with Crippen LogP contribution in [0.15, 0.2) is 158 Å². The number of benzene rings is 6. The minimum atomic E-state index is -1.08. The molecule has 0 aliphatic carbocycles. The van der Waals surface area contributed by atoms with Crippen molar-refractivity contribution in [1.29, 1.82) is 0 Å². The van der Waals surface area contributed by atoms with Crippen LogP contribution in [0, 0.1) is 11.6 Å². The first kappa shape index (κ1) is 40.7. The molecule has 0 amide bonds. The molecule has 0 fully saturated rings. The Kier molecular flexibility index (Phi) is 16.5. The second-order valence-corrected chi connectivity index (χ2v) is 15.7. The number of halogens is 4. The Morgan fingerprint density at radius 3 is 1.19 bits per heavy atom. The van der Waals surface area contributed by atoms with Gasteiger partial charge in [-0.05, 0) is 82.9 Å². The van der Waals surface area contributed by atoms with E-state index >= 15 is 0 Å². The molecule has 0 atom stereocenters. The van der Waals surface area contributed by atoms with Gasteiger partial charge in [0.15, 0.2) is 0 Å². The summed E-state index contributed by atoms with van der Waals surface area (Å²) in [4.78, 5) is 22.6. The van der Waals surface area contributed by atoms with Crippen molar-refractivity contribution in [2.24, 2.45) is 0 Å². The number of carboxylic acids is 2. The second kappa shape index (κ2) is 21.5. The normalized spacial score (nSPS) is 11.0. The molecule has 0 unspecified atom stereocenters. The Bertz CT molecular complexity index is 1980. The van der Waals surface area contributed by atoms with Crippen LogP contribution < -0.4 is 0 Å². The molecule has 2 radical (unpaired) electrons. The van der Waals surface area contributed by atoms with Gasteiger partial charge in [0.05, 0.1) is 11.1 Å². The van der Waals surface area contributed by atoms with Crippen LogP contribution in [0.1, 0.15) is 33.4 Å². The van der Waals surface area contributed by atoms with E-state index in [0.717, 1.165) is 0 Å². The first-order chi connectivity index (χ1) is 25.6. The van der Waals surface area contributed by atoms with Crippen molar-refractivity contribution in [2.45, 2.75) is 8.87 Å². The van der Waals surface area contributed by atoms with Gasteiger partial charge in [-0.1, -0.05) is 71.7 Å². The average molecular weight is 854 g/mol. The molecule has 53 heavy (non-hydrogen) atoms. The maximum atomic E-state index is 13.1. The zero-order valence-corrected chi connectivity index (χ0v) is 32.7. The van der Waals surface area contributed by atoms with Crippen LogP contribution in [-0.2, 0) is 18.5 Å². The quantitative estimate of drug-likeness (QED) is 0.0818. The topological polar surface area (TPSA) is 74.6 Å². The van der Waals surface area contributed by atoms with E-state index in [2.05, 4.69) is 60.7 Å². The second-order valence-electron chi connectivity index (χ2n) is 11.4. The Labute approximate surface area is 327 Å². The summed E-state index contributed by atoms with van der Waals surface area (Å²) in [7, 11) is 0. The summed E-state index contributed by atoms with van der Waals surface area (Å²) in [5.74, 6) is -2.97. The van der Waals surface area contributed by atoms with Crippen LogP contribution in [0.5, 0.6) is 0 Å². The first-order valence-corrected chi connectivity index (χ1v) is 21.1. The van der Waals surface area contributed by atoms with Crippen LogP contribution >= 0.6 is 23.2 Å². The molecule has 0 aliphatic rings. The number of carboxylic acid groups (broad SMARTS) is 2. The summed E-state index contributed by atoms with van der Waals surface area (Å²) >= 11 is 11.3. The van der Waals surface area contributed by atoms with Gasteiger partial charge < -0.3 is 10.2 Å². The number of hydrogen-bond donors (Lipinski definition) is 2. The summed E-state index contributed by atoms with van der Waals surface area (Å²) in [5.41, 5.74) is 5.21. The van der Waals surface area contributed by atoms with Crippen LogP contribution in [0.4, 0.5) is 8.78 Å². The van der Waals surface area contributed by atoms with Gasteiger partial charge in [0, 0.05) is 10.0 Å². The Balaban J connectivity index is 0.000000179. The molecule has 0 heterocycles. The van der Waals surface area contributed by atoms with E-state index in [1.165, 1.54) is 68.6 Å².